The van der Waals surface area contributed by atoms with Crippen LogP contribution < -0.4 is 14.8 Å². The first-order valence-electron chi connectivity index (χ1n) is 9.51. The van der Waals surface area contributed by atoms with Crippen LogP contribution in [0.15, 0.2) is 42.5 Å². The number of amides is 1. The maximum Gasteiger partial charge on any atom is 0.224 e. The fourth-order valence-corrected chi connectivity index (χ4v) is 3.38. The first-order chi connectivity index (χ1) is 14.1. The Morgan fingerprint density at radius 1 is 1.10 bits per heavy atom. The van der Waals surface area contributed by atoms with Crippen molar-refractivity contribution in [3.8, 4) is 11.5 Å². The molecule has 0 aliphatic carbocycles. The minimum atomic E-state index is -0.244. The summed E-state index contributed by atoms with van der Waals surface area (Å²) in [5.41, 5.74) is 2.78. The molecule has 7 nitrogen and oxygen atoms in total. The van der Waals surface area contributed by atoms with Gasteiger partial charge in [0.15, 0.2) is 11.5 Å². The van der Waals surface area contributed by atoms with Crippen LogP contribution in [0.25, 0.3) is 11.0 Å². The maximum atomic E-state index is 12.6. The lowest BCUT2D eigenvalue weighted by Crippen LogP contribution is -2.30. The second-order valence-corrected chi connectivity index (χ2v) is 6.76. The summed E-state index contributed by atoms with van der Waals surface area (Å²) in [7, 11) is 4.84. The molecule has 2 aromatic carbocycles. The molecule has 0 fully saturated rings. The van der Waals surface area contributed by atoms with Gasteiger partial charge in [0.2, 0.25) is 5.91 Å². The Hall–Kier alpha value is -3.06. The summed E-state index contributed by atoms with van der Waals surface area (Å²) < 4.78 is 17.9. The quantitative estimate of drug-likeness (QED) is 0.600. The first-order valence-corrected chi connectivity index (χ1v) is 9.51. The Balaban J connectivity index is 1.76. The van der Waals surface area contributed by atoms with E-state index < -0.39 is 0 Å². The number of nitrogens with one attached hydrogen (secondary N) is 1. The van der Waals surface area contributed by atoms with E-state index in [0.29, 0.717) is 24.7 Å². The molecular weight excluding hydrogens is 370 g/mol. The normalized spacial score (nSPS) is 12.0. The molecule has 1 unspecified atom stereocenters. The molecule has 0 spiro atoms. The zero-order valence-corrected chi connectivity index (χ0v) is 17.3. The van der Waals surface area contributed by atoms with Crippen LogP contribution in [0.1, 0.15) is 24.4 Å². The Morgan fingerprint density at radius 3 is 2.59 bits per heavy atom. The number of imidazole rings is 1. The number of aromatic nitrogens is 2. The van der Waals surface area contributed by atoms with E-state index in [-0.39, 0.29) is 18.4 Å². The van der Waals surface area contributed by atoms with Gasteiger partial charge < -0.3 is 24.1 Å². The number of nitrogens with zero attached hydrogens (tertiary/aromatic N) is 2. The molecule has 1 amide bonds. The molecule has 1 heterocycles. The van der Waals surface area contributed by atoms with Gasteiger partial charge in [-0.2, -0.15) is 0 Å². The van der Waals surface area contributed by atoms with Crippen molar-refractivity contribution in [1.29, 1.82) is 0 Å². The number of rotatable bonds is 9. The highest BCUT2D eigenvalue weighted by molar-refractivity contribution is 5.80. The molecule has 0 aliphatic heterocycles. The number of ether oxygens (including phenoxy) is 3. The van der Waals surface area contributed by atoms with Gasteiger partial charge in [-0.05, 0) is 36.8 Å². The standard InChI is InChI=1S/C22H27N3O4/c1-15(22-24-17-7-5-6-8-18(17)25(22)11-12-27-2)23-21(26)14-16-9-10-19(28-3)20(13-16)29-4/h5-10,13,15H,11-12,14H2,1-4H3,(H,23,26). The second-order valence-electron chi connectivity index (χ2n) is 6.76. The fourth-order valence-electron chi connectivity index (χ4n) is 3.38. The monoisotopic (exact) mass is 397 g/mol. The van der Waals surface area contributed by atoms with Gasteiger partial charge in [0.1, 0.15) is 5.82 Å². The van der Waals surface area contributed by atoms with Crippen molar-refractivity contribution in [2.45, 2.75) is 25.9 Å². The number of carbonyl (C=O) groups excluding carboxylic acids is 1. The van der Waals surface area contributed by atoms with Crippen LogP contribution in [-0.4, -0.2) is 43.4 Å². The molecule has 0 saturated carbocycles. The topological polar surface area (TPSA) is 74.6 Å². The average molecular weight is 397 g/mol. The molecular formula is C22H27N3O4. The molecule has 7 heteroatoms. The minimum absolute atomic E-state index is 0.0879. The average Bonchev–Trinajstić information content (AvgIpc) is 3.10. The molecule has 3 rings (SSSR count). The highest BCUT2D eigenvalue weighted by atomic mass is 16.5. The minimum Gasteiger partial charge on any atom is -0.493 e. The van der Waals surface area contributed by atoms with E-state index >= 15 is 0 Å². The van der Waals surface area contributed by atoms with Gasteiger partial charge in [-0.15, -0.1) is 0 Å². The van der Waals surface area contributed by atoms with Crippen molar-refractivity contribution in [3.63, 3.8) is 0 Å². The van der Waals surface area contributed by atoms with Crippen molar-refractivity contribution in [3.05, 3.63) is 53.9 Å². The van der Waals surface area contributed by atoms with E-state index in [9.17, 15) is 4.79 Å². The summed E-state index contributed by atoms with van der Waals surface area (Å²) in [6.45, 7) is 3.18. The Bertz CT molecular complexity index is 983. The van der Waals surface area contributed by atoms with Gasteiger partial charge in [0, 0.05) is 13.7 Å². The number of hydrogen-bond acceptors (Lipinski definition) is 5. The molecule has 1 atom stereocenters. The van der Waals surface area contributed by atoms with Crippen molar-refractivity contribution in [2.24, 2.45) is 0 Å². The van der Waals surface area contributed by atoms with Crippen molar-refractivity contribution in [1.82, 2.24) is 14.9 Å². The maximum absolute atomic E-state index is 12.6. The number of benzene rings is 2. The fraction of sp³-hybridized carbons (Fsp3) is 0.364. The number of carbonyl (C=O) groups is 1. The van der Waals surface area contributed by atoms with E-state index in [4.69, 9.17) is 19.2 Å². The van der Waals surface area contributed by atoms with Crippen LogP contribution in [0.5, 0.6) is 11.5 Å². The Kier molecular flexibility index (Phi) is 6.72. The van der Waals surface area contributed by atoms with Crippen LogP contribution >= 0.6 is 0 Å². The summed E-state index contributed by atoms with van der Waals surface area (Å²) in [6.07, 6.45) is 0.239. The van der Waals surface area contributed by atoms with Gasteiger partial charge in [0.25, 0.3) is 0 Å². The lowest BCUT2D eigenvalue weighted by atomic mass is 10.1. The van der Waals surface area contributed by atoms with Gasteiger partial charge in [-0.25, -0.2) is 4.98 Å². The third-order valence-electron chi connectivity index (χ3n) is 4.78. The molecule has 154 valence electrons. The van der Waals surface area contributed by atoms with Gasteiger partial charge in [-0.1, -0.05) is 18.2 Å². The predicted molar refractivity (Wildman–Crippen MR) is 111 cm³/mol. The van der Waals surface area contributed by atoms with Gasteiger partial charge in [0.05, 0.1) is 44.3 Å². The summed E-state index contributed by atoms with van der Waals surface area (Å²) in [5.74, 6) is 1.96. The van der Waals surface area contributed by atoms with Crippen molar-refractivity contribution < 1.29 is 19.0 Å². The summed E-state index contributed by atoms with van der Waals surface area (Å²) >= 11 is 0. The van der Waals surface area contributed by atoms with E-state index in [1.165, 1.54) is 0 Å². The van der Waals surface area contributed by atoms with Gasteiger partial charge in [-0.3, -0.25) is 4.79 Å². The molecule has 0 saturated heterocycles. The van der Waals surface area contributed by atoms with Crippen LogP contribution in [0.3, 0.4) is 0 Å². The van der Waals surface area contributed by atoms with E-state index in [0.717, 1.165) is 22.4 Å². The lowest BCUT2D eigenvalue weighted by molar-refractivity contribution is -0.121. The zero-order valence-electron chi connectivity index (χ0n) is 17.3. The highest BCUT2D eigenvalue weighted by Gasteiger charge is 2.18. The molecule has 1 N–H and O–H groups in total. The number of fused-ring (bicyclic) bond motifs is 1. The van der Waals surface area contributed by atoms with Crippen molar-refractivity contribution in [2.75, 3.05) is 27.9 Å². The Morgan fingerprint density at radius 2 is 1.86 bits per heavy atom. The molecule has 0 aliphatic rings. The Labute approximate surface area is 170 Å². The van der Waals surface area contributed by atoms with Crippen LogP contribution in [0.2, 0.25) is 0 Å². The van der Waals surface area contributed by atoms with Crippen LogP contribution in [0, 0.1) is 0 Å². The van der Waals surface area contributed by atoms with E-state index in [1.54, 1.807) is 27.4 Å². The predicted octanol–water partition coefficient (Wildman–Crippen LogP) is 3.12. The van der Waals surface area contributed by atoms with Gasteiger partial charge >= 0.3 is 0 Å². The third kappa shape index (κ3) is 4.68. The summed E-state index contributed by atoms with van der Waals surface area (Å²) in [4.78, 5) is 17.4. The lowest BCUT2D eigenvalue weighted by Gasteiger charge is -2.16. The number of para-hydroxylation sites is 2. The van der Waals surface area contributed by atoms with E-state index in [1.807, 2.05) is 43.3 Å². The summed E-state index contributed by atoms with van der Waals surface area (Å²) in [5, 5.41) is 3.05. The van der Waals surface area contributed by atoms with Crippen molar-refractivity contribution >= 4 is 16.9 Å². The number of hydrogen-bond donors (Lipinski definition) is 1. The molecule has 29 heavy (non-hydrogen) atoms. The number of methoxy groups -OCH3 is 3. The smallest absolute Gasteiger partial charge is 0.224 e. The molecule has 0 bridgehead atoms. The van der Waals surface area contributed by atoms with Crippen LogP contribution in [-0.2, 0) is 22.5 Å². The third-order valence-corrected chi connectivity index (χ3v) is 4.78. The SMILES string of the molecule is COCCn1c(C(C)NC(=O)Cc2ccc(OC)c(OC)c2)nc2ccccc21. The first kappa shape index (κ1) is 20.7. The molecule has 3 aromatic rings. The van der Waals surface area contributed by atoms with Crippen LogP contribution in [0.4, 0.5) is 0 Å². The molecule has 0 radical (unpaired) electrons. The van der Waals surface area contributed by atoms with E-state index in [2.05, 4.69) is 9.88 Å². The summed E-state index contributed by atoms with van der Waals surface area (Å²) in [6, 6.07) is 13.2. The molecule has 1 aromatic heterocycles. The second kappa shape index (κ2) is 9.43. The highest BCUT2D eigenvalue weighted by Crippen LogP contribution is 2.28. The largest absolute Gasteiger partial charge is 0.493 e. The zero-order chi connectivity index (χ0) is 20.8.